The Morgan fingerprint density at radius 2 is 1.71 bits per heavy atom. The maximum absolute atomic E-state index is 15.3. The van der Waals surface area contributed by atoms with Crippen molar-refractivity contribution in [1.82, 2.24) is 14.8 Å². The van der Waals surface area contributed by atoms with Gasteiger partial charge in [0, 0.05) is 90.9 Å². The molecule has 1 aliphatic carbocycles. The molecule has 6 aliphatic rings. The normalized spacial score (nSPS) is 37.0. The monoisotopic (exact) mass is 810 g/mol. The van der Waals surface area contributed by atoms with Crippen molar-refractivity contribution in [2.45, 2.75) is 99.5 Å². The molecule has 59 heavy (non-hydrogen) atoms. The van der Waals surface area contributed by atoms with Crippen LogP contribution in [0.15, 0.2) is 48.6 Å². The summed E-state index contributed by atoms with van der Waals surface area (Å²) >= 11 is 0. The van der Waals surface area contributed by atoms with Crippen molar-refractivity contribution in [3.8, 4) is 5.75 Å². The Kier molecular flexibility index (Phi) is 9.36. The molecule has 3 aromatic rings. The first-order chi connectivity index (χ1) is 28.2. The summed E-state index contributed by atoms with van der Waals surface area (Å²) in [5.74, 6) is -1.56. The van der Waals surface area contributed by atoms with Gasteiger partial charge in [-0.25, -0.2) is 4.79 Å². The molecule has 2 saturated heterocycles. The van der Waals surface area contributed by atoms with Crippen LogP contribution in [0.5, 0.6) is 5.75 Å². The molecular weight excluding hydrogens is 753 g/mol. The van der Waals surface area contributed by atoms with Crippen molar-refractivity contribution in [3.63, 3.8) is 0 Å². The SMILES string of the molecule is CC[C@]1(O)C[C@@H]2CN(CCc3c([nH]c4ccccc34)[C@@](C(=O)OC)(c3cc4c(cc3OC)N(C)C3[C@]45CCN4CC=C[C@](CC)(C45)[C@@H](OC(C)=O)[C@]3(O)C(=O)OC)C2)C1. The van der Waals surface area contributed by atoms with E-state index in [0.717, 1.165) is 33.4 Å². The number of methoxy groups -OCH3 is 3. The van der Waals surface area contributed by atoms with E-state index in [1.165, 1.54) is 21.1 Å². The zero-order valence-electron chi connectivity index (χ0n) is 35.3. The van der Waals surface area contributed by atoms with Crippen LogP contribution in [0.2, 0.25) is 0 Å². The van der Waals surface area contributed by atoms with E-state index in [9.17, 15) is 19.8 Å². The second-order valence-corrected chi connectivity index (χ2v) is 18.2. The first kappa shape index (κ1) is 40.0. The van der Waals surface area contributed by atoms with Crippen molar-refractivity contribution in [1.29, 1.82) is 0 Å². The highest BCUT2D eigenvalue weighted by atomic mass is 16.6. The van der Waals surface area contributed by atoms with Gasteiger partial charge in [0.1, 0.15) is 11.2 Å². The smallest absolute Gasteiger partial charge is 0.344 e. The lowest BCUT2D eigenvalue weighted by Gasteiger charge is -2.63. The van der Waals surface area contributed by atoms with E-state index in [2.05, 4.69) is 39.1 Å². The fraction of sp³-hybridized carbons (Fsp3) is 0.587. The highest BCUT2D eigenvalue weighted by Crippen LogP contribution is 2.68. The van der Waals surface area contributed by atoms with Gasteiger partial charge in [-0.05, 0) is 74.2 Å². The summed E-state index contributed by atoms with van der Waals surface area (Å²) in [4.78, 5) is 53.2. The molecule has 2 bridgehead atoms. The van der Waals surface area contributed by atoms with Gasteiger partial charge in [0.05, 0.1) is 33.0 Å². The molecule has 6 heterocycles. The quantitative estimate of drug-likeness (QED) is 0.180. The molecule has 3 unspecified atom stereocenters. The Balaban J connectivity index is 1.36. The first-order valence-electron chi connectivity index (χ1n) is 21.2. The van der Waals surface area contributed by atoms with Crippen LogP contribution < -0.4 is 9.64 Å². The summed E-state index contributed by atoms with van der Waals surface area (Å²) in [6.07, 6.45) is 5.94. The Morgan fingerprint density at radius 3 is 2.41 bits per heavy atom. The molecule has 0 amide bonds. The molecule has 316 valence electrons. The number of carbonyl (C=O) groups is 3. The van der Waals surface area contributed by atoms with Crippen LogP contribution in [0.3, 0.4) is 0 Å². The molecule has 1 aromatic heterocycles. The lowest BCUT2D eigenvalue weighted by Crippen LogP contribution is -2.81. The molecule has 1 spiro atoms. The number of aromatic nitrogens is 1. The molecule has 9 rings (SSSR count). The summed E-state index contributed by atoms with van der Waals surface area (Å²) in [5, 5.41) is 26.3. The minimum absolute atomic E-state index is 0.0986. The Hall–Kier alpha value is -4.43. The standard InChI is InChI=1S/C46H58N4O9/c1-8-42(54)23-28-24-45(40(52)57-6,36-30(15-19-49(25-28)26-42)29-13-10-11-14-33(29)47-36)32-21-31-34(22-35(32)56-5)48(4)38-44(31)17-20-50-18-12-16-43(9-2,37(44)50)39(59-27(3)51)46(38,55)41(53)58-7/h10-14,16,21-22,28,37-39,47,54-55H,8-9,15,17-20,23-26H2,1-7H3/t28-,37?,38?,39+,42-,43+,44+,45-,46-/m0/s1. The number of likely N-dealkylation sites (N-methyl/N-ethyl adjacent to an activating group) is 1. The number of para-hydroxylation sites is 1. The van der Waals surface area contributed by atoms with Gasteiger partial charge in [0.2, 0.25) is 5.60 Å². The highest BCUT2D eigenvalue weighted by Gasteiger charge is 2.80. The van der Waals surface area contributed by atoms with Crippen molar-refractivity contribution in [2.75, 3.05) is 66.0 Å². The molecule has 5 aliphatic heterocycles. The van der Waals surface area contributed by atoms with Gasteiger partial charge >= 0.3 is 17.9 Å². The second kappa shape index (κ2) is 13.8. The third kappa shape index (κ3) is 5.20. The molecular formula is C46H58N4O9. The van der Waals surface area contributed by atoms with Gasteiger partial charge in [-0.15, -0.1) is 0 Å². The number of hydrogen-bond acceptors (Lipinski definition) is 12. The molecule has 3 N–H and O–H groups in total. The van der Waals surface area contributed by atoms with E-state index in [4.69, 9.17) is 18.9 Å². The molecule has 2 aromatic carbocycles. The summed E-state index contributed by atoms with van der Waals surface area (Å²) in [6.45, 7) is 8.62. The number of carbonyl (C=O) groups excluding carboxylic acids is 3. The number of H-pyrrole nitrogens is 1. The molecule has 13 heteroatoms. The van der Waals surface area contributed by atoms with E-state index >= 15 is 4.79 Å². The fourth-order valence-corrected chi connectivity index (χ4v) is 13.5. The topological polar surface area (TPSA) is 154 Å². The van der Waals surface area contributed by atoms with Crippen LogP contribution in [0.25, 0.3) is 10.9 Å². The van der Waals surface area contributed by atoms with Gasteiger partial charge in [-0.2, -0.15) is 0 Å². The van der Waals surface area contributed by atoms with Crippen molar-refractivity contribution in [3.05, 3.63) is 70.9 Å². The van der Waals surface area contributed by atoms with Crippen molar-refractivity contribution in [2.24, 2.45) is 11.3 Å². The number of hydrogen-bond donors (Lipinski definition) is 3. The van der Waals surface area contributed by atoms with Gasteiger partial charge in [-0.3, -0.25) is 19.4 Å². The largest absolute Gasteiger partial charge is 0.496 e. The number of esters is 3. The van der Waals surface area contributed by atoms with Crippen LogP contribution in [0.1, 0.15) is 75.3 Å². The minimum Gasteiger partial charge on any atom is -0.496 e. The number of benzene rings is 2. The first-order valence-corrected chi connectivity index (χ1v) is 21.2. The minimum atomic E-state index is -2.30. The molecule has 1 saturated carbocycles. The fourth-order valence-electron chi connectivity index (χ4n) is 13.5. The van der Waals surface area contributed by atoms with Crippen LogP contribution in [0.4, 0.5) is 5.69 Å². The average molecular weight is 811 g/mol. The molecule has 10 atom stereocenters. The molecule has 13 nitrogen and oxygen atoms in total. The van der Waals surface area contributed by atoms with Gasteiger partial charge < -0.3 is 39.0 Å². The summed E-state index contributed by atoms with van der Waals surface area (Å²) < 4.78 is 23.9. The number of anilines is 1. The zero-order valence-corrected chi connectivity index (χ0v) is 35.3. The number of aromatic amines is 1. The predicted octanol–water partition coefficient (Wildman–Crippen LogP) is 3.99. The molecule has 3 fully saturated rings. The number of nitrogens with zero attached hydrogens (tertiary/aromatic N) is 3. The van der Waals surface area contributed by atoms with Crippen LogP contribution in [-0.2, 0) is 45.8 Å². The maximum atomic E-state index is 15.3. The van der Waals surface area contributed by atoms with Crippen LogP contribution in [-0.4, -0.2) is 133 Å². The van der Waals surface area contributed by atoms with E-state index in [1.54, 1.807) is 7.11 Å². The number of ether oxygens (including phenoxy) is 4. The van der Waals surface area contributed by atoms with Crippen molar-refractivity contribution < 1.29 is 43.5 Å². The number of fused-ring (bicyclic) bond motifs is 6. The van der Waals surface area contributed by atoms with Gasteiger partial charge in [-0.1, -0.05) is 44.2 Å². The average Bonchev–Trinajstić information content (AvgIpc) is 3.90. The zero-order chi connectivity index (χ0) is 41.9. The Bertz CT molecular complexity index is 2260. The maximum Gasteiger partial charge on any atom is 0.344 e. The lowest BCUT2D eigenvalue weighted by atomic mass is 9.47. The summed E-state index contributed by atoms with van der Waals surface area (Å²) in [6, 6.07) is 11.0. The number of aliphatic hydroxyl groups is 2. The van der Waals surface area contributed by atoms with E-state index in [1.807, 2.05) is 50.1 Å². The number of piperidine rings is 1. The Labute approximate surface area is 345 Å². The number of rotatable bonds is 7. The van der Waals surface area contributed by atoms with E-state index in [0.29, 0.717) is 82.6 Å². The van der Waals surface area contributed by atoms with Gasteiger partial charge in [0.15, 0.2) is 6.10 Å². The van der Waals surface area contributed by atoms with Crippen molar-refractivity contribution >= 4 is 34.5 Å². The second-order valence-electron chi connectivity index (χ2n) is 18.2. The third-order valence-corrected chi connectivity index (χ3v) is 15.6. The van der Waals surface area contributed by atoms with E-state index in [-0.39, 0.29) is 12.0 Å². The predicted molar refractivity (Wildman–Crippen MR) is 220 cm³/mol. The van der Waals surface area contributed by atoms with E-state index < -0.39 is 57.5 Å². The van der Waals surface area contributed by atoms with Gasteiger partial charge in [0.25, 0.3) is 0 Å². The van der Waals surface area contributed by atoms with Crippen LogP contribution in [0, 0.1) is 11.3 Å². The number of nitrogens with one attached hydrogen (secondary N) is 1. The molecule has 0 radical (unpaired) electrons. The summed E-state index contributed by atoms with van der Waals surface area (Å²) in [5.41, 5.74) is -1.62. The third-order valence-electron chi connectivity index (χ3n) is 15.6. The Morgan fingerprint density at radius 1 is 0.949 bits per heavy atom. The highest BCUT2D eigenvalue weighted by molar-refractivity contribution is 5.95. The lowest BCUT2D eigenvalue weighted by molar-refractivity contribution is -0.228. The summed E-state index contributed by atoms with van der Waals surface area (Å²) in [7, 11) is 6.15. The van der Waals surface area contributed by atoms with Crippen LogP contribution >= 0.6 is 0 Å².